The molecular formula is C20H31N. The van der Waals surface area contributed by atoms with E-state index in [9.17, 15) is 0 Å². The number of nitrogens with one attached hydrogen (secondary N) is 1. The van der Waals surface area contributed by atoms with E-state index >= 15 is 0 Å². The molecule has 3 rings (SSSR count). The zero-order valence-corrected chi connectivity index (χ0v) is 14.2. The van der Waals surface area contributed by atoms with Gasteiger partial charge in [-0.15, -0.1) is 0 Å². The van der Waals surface area contributed by atoms with Gasteiger partial charge in [0.1, 0.15) is 0 Å². The van der Waals surface area contributed by atoms with Crippen LogP contribution in [-0.2, 0) is 0 Å². The molecule has 1 heteroatoms. The van der Waals surface area contributed by atoms with Gasteiger partial charge in [-0.1, -0.05) is 50.6 Å². The maximum Gasteiger partial charge on any atom is 0.00256 e. The van der Waals surface area contributed by atoms with Crippen molar-refractivity contribution < 1.29 is 0 Å². The van der Waals surface area contributed by atoms with Crippen LogP contribution in [-0.4, -0.2) is 13.1 Å². The van der Waals surface area contributed by atoms with E-state index in [1.807, 2.05) is 0 Å². The van der Waals surface area contributed by atoms with E-state index in [0.717, 1.165) is 12.5 Å². The number of hydrogen-bond acceptors (Lipinski definition) is 1. The Hall–Kier alpha value is -0.820. The molecule has 3 atom stereocenters. The van der Waals surface area contributed by atoms with Gasteiger partial charge >= 0.3 is 0 Å². The van der Waals surface area contributed by atoms with E-state index in [2.05, 4.69) is 57.3 Å². The molecule has 116 valence electrons. The number of rotatable bonds is 1. The summed E-state index contributed by atoms with van der Waals surface area (Å²) in [5.74, 6) is 1.52. The summed E-state index contributed by atoms with van der Waals surface area (Å²) in [6, 6.07) is 9.25. The topological polar surface area (TPSA) is 12.0 Å². The van der Waals surface area contributed by atoms with Crippen molar-refractivity contribution in [1.82, 2.24) is 5.32 Å². The molecule has 0 bridgehead atoms. The monoisotopic (exact) mass is 285 g/mol. The van der Waals surface area contributed by atoms with Gasteiger partial charge in [-0.2, -0.15) is 0 Å². The predicted octanol–water partition coefficient (Wildman–Crippen LogP) is 4.90. The van der Waals surface area contributed by atoms with Crippen LogP contribution in [0.5, 0.6) is 0 Å². The predicted molar refractivity (Wildman–Crippen MR) is 90.6 cm³/mol. The van der Waals surface area contributed by atoms with Gasteiger partial charge < -0.3 is 5.32 Å². The Kier molecular flexibility index (Phi) is 3.90. The van der Waals surface area contributed by atoms with Crippen LogP contribution in [0.3, 0.4) is 0 Å². The minimum atomic E-state index is 0.522. The fourth-order valence-electron chi connectivity index (χ4n) is 5.12. The maximum absolute atomic E-state index is 3.67. The van der Waals surface area contributed by atoms with Crippen LogP contribution in [0.2, 0.25) is 0 Å². The summed E-state index contributed by atoms with van der Waals surface area (Å²) in [4.78, 5) is 0. The largest absolute Gasteiger partial charge is 0.316 e. The molecule has 2 aliphatic rings. The first-order valence-corrected chi connectivity index (χ1v) is 8.70. The van der Waals surface area contributed by atoms with Gasteiger partial charge in [0.25, 0.3) is 0 Å². The Morgan fingerprint density at radius 1 is 1.14 bits per heavy atom. The summed E-state index contributed by atoms with van der Waals surface area (Å²) in [6.45, 7) is 12.0. The standard InChI is InChI=1S/C20H31N/c1-15-6-5-7-17(12-15)18-14-21-11-10-20(18)9-8-19(3,4)13-16(20)2/h5-7,12,16,18,21H,8-11,13-14H2,1-4H3. The average molecular weight is 285 g/mol. The molecule has 3 unspecified atom stereocenters. The summed E-state index contributed by atoms with van der Waals surface area (Å²) >= 11 is 0. The van der Waals surface area contributed by atoms with Crippen LogP contribution in [0, 0.1) is 23.7 Å². The lowest BCUT2D eigenvalue weighted by Crippen LogP contribution is -2.50. The van der Waals surface area contributed by atoms with E-state index in [4.69, 9.17) is 0 Å². The molecule has 0 aromatic heterocycles. The molecule has 1 N–H and O–H groups in total. The van der Waals surface area contributed by atoms with Crippen LogP contribution >= 0.6 is 0 Å². The van der Waals surface area contributed by atoms with E-state index in [0.29, 0.717) is 16.7 Å². The van der Waals surface area contributed by atoms with Crippen LogP contribution in [0.1, 0.15) is 63.5 Å². The first-order valence-electron chi connectivity index (χ1n) is 8.70. The quantitative estimate of drug-likeness (QED) is 0.773. The molecule has 1 nitrogen and oxygen atoms in total. The summed E-state index contributed by atoms with van der Waals surface area (Å²) < 4.78 is 0. The Balaban J connectivity index is 1.95. The van der Waals surface area contributed by atoms with Crippen molar-refractivity contribution in [1.29, 1.82) is 0 Å². The summed E-state index contributed by atoms with van der Waals surface area (Å²) in [7, 11) is 0. The maximum atomic E-state index is 3.67. The van der Waals surface area contributed by atoms with Gasteiger partial charge in [-0.05, 0) is 61.5 Å². The average Bonchev–Trinajstić information content (AvgIpc) is 2.44. The van der Waals surface area contributed by atoms with Crippen molar-refractivity contribution in [3.63, 3.8) is 0 Å². The zero-order valence-electron chi connectivity index (χ0n) is 14.2. The third kappa shape index (κ3) is 2.77. The van der Waals surface area contributed by atoms with Crippen LogP contribution in [0.4, 0.5) is 0 Å². The second-order valence-corrected chi connectivity index (χ2v) is 8.42. The van der Waals surface area contributed by atoms with Gasteiger partial charge in [-0.25, -0.2) is 0 Å². The first-order chi connectivity index (χ1) is 9.93. The number of hydrogen-bond donors (Lipinski definition) is 1. The van der Waals surface area contributed by atoms with Crippen molar-refractivity contribution >= 4 is 0 Å². The molecular weight excluding hydrogens is 254 g/mol. The number of aryl methyl sites for hydroxylation is 1. The lowest BCUT2D eigenvalue weighted by Gasteiger charge is -2.55. The molecule has 1 aliphatic heterocycles. The van der Waals surface area contributed by atoms with E-state index in [1.165, 1.54) is 37.8 Å². The highest BCUT2D eigenvalue weighted by molar-refractivity contribution is 5.29. The SMILES string of the molecule is Cc1cccc(C2CNCCC23CCC(C)(C)CC3C)c1. The summed E-state index contributed by atoms with van der Waals surface area (Å²) in [5, 5.41) is 3.67. The molecule has 1 spiro atoms. The molecule has 21 heavy (non-hydrogen) atoms. The van der Waals surface area contributed by atoms with Crippen LogP contribution < -0.4 is 5.32 Å². The molecule has 0 radical (unpaired) electrons. The summed E-state index contributed by atoms with van der Waals surface area (Å²) in [5.41, 5.74) is 4.02. The molecule has 1 heterocycles. The van der Waals surface area contributed by atoms with Gasteiger partial charge in [-0.3, -0.25) is 0 Å². The molecule has 1 saturated carbocycles. The van der Waals surface area contributed by atoms with Crippen molar-refractivity contribution in [2.75, 3.05) is 13.1 Å². The van der Waals surface area contributed by atoms with E-state index in [-0.39, 0.29) is 0 Å². The molecule has 1 aliphatic carbocycles. The normalized spacial score (nSPS) is 35.8. The fraction of sp³-hybridized carbons (Fsp3) is 0.700. The third-order valence-corrected chi connectivity index (χ3v) is 6.36. The Bertz CT molecular complexity index is 504. The molecule has 1 saturated heterocycles. The Morgan fingerprint density at radius 2 is 1.95 bits per heavy atom. The molecule has 2 fully saturated rings. The first kappa shape index (κ1) is 15.1. The third-order valence-electron chi connectivity index (χ3n) is 6.36. The second kappa shape index (κ2) is 5.43. The van der Waals surface area contributed by atoms with Gasteiger partial charge in [0.2, 0.25) is 0 Å². The Labute approximate surface area is 130 Å². The van der Waals surface area contributed by atoms with E-state index in [1.54, 1.807) is 5.56 Å². The van der Waals surface area contributed by atoms with Gasteiger partial charge in [0, 0.05) is 12.5 Å². The zero-order chi connectivity index (χ0) is 15.1. The second-order valence-electron chi connectivity index (χ2n) is 8.42. The van der Waals surface area contributed by atoms with E-state index < -0.39 is 0 Å². The lowest BCUT2D eigenvalue weighted by atomic mass is 9.52. The van der Waals surface area contributed by atoms with Crippen molar-refractivity contribution in [2.24, 2.45) is 16.7 Å². The number of piperidine rings is 1. The van der Waals surface area contributed by atoms with Gasteiger partial charge in [0.15, 0.2) is 0 Å². The molecule has 1 aromatic carbocycles. The smallest absolute Gasteiger partial charge is 0.00256 e. The molecule has 1 aromatic rings. The highest BCUT2D eigenvalue weighted by Crippen LogP contribution is 2.57. The van der Waals surface area contributed by atoms with Crippen LogP contribution in [0.15, 0.2) is 24.3 Å². The van der Waals surface area contributed by atoms with Crippen molar-refractivity contribution in [2.45, 2.75) is 59.3 Å². The van der Waals surface area contributed by atoms with Crippen molar-refractivity contribution in [3.8, 4) is 0 Å². The fourth-order valence-corrected chi connectivity index (χ4v) is 5.12. The minimum Gasteiger partial charge on any atom is -0.316 e. The van der Waals surface area contributed by atoms with Crippen molar-refractivity contribution in [3.05, 3.63) is 35.4 Å². The number of benzene rings is 1. The summed E-state index contributed by atoms with van der Waals surface area (Å²) in [6.07, 6.45) is 5.53. The van der Waals surface area contributed by atoms with Crippen LogP contribution in [0.25, 0.3) is 0 Å². The molecule has 0 amide bonds. The van der Waals surface area contributed by atoms with Gasteiger partial charge in [0.05, 0.1) is 0 Å². The minimum absolute atomic E-state index is 0.522. The lowest BCUT2D eigenvalue weighted by molar-refractivity contribution is -0.00702. The highest BCUT2D eigenvalue weighted by Gasteiger charge is 2.49. The highest BCUT2D eigenvalue weighted by atomic mass is 14.9. The Morgan fingerprint density at radius 3 is 2.67 bits per heavy atom.